The molecular formula is C28H36Cl2GeHf. The number of halogens is 2. The second-order valence-electron chi connectivity index (χ2n) is 9.79. The van der Waals surface area contributed by atoms with Crippen LogP contribution < -0.4 is 0 Å². The Kier molecular flexibility index (Phi) is 9.30. The molecule has 170 valence electrons. The number of allylic oxidation sites excluding steroid dienone is 8. The van der Waals surface area contributed by atoms with E-state index < -0.39 is 15.4 Å². The van der Waals surface area contributed by atoms with Gasteiger partial charge in [0.15, 0.2) is 0 Å². The molecule has 2 aliphatic rings. The number of rotatable bonds is 6. The van der Waals surface area contributed by atoms with Crippen LogP contribution in [0.2, 0.25) is 9.36 Å². The molecule has 0 atom stereocenters. The van der Waals surface area contributed by atoms with Crippen molar-refractivity contribution < 1.29 is 15.4 Å². The van der Waals surface area contributed by atoms with E-state index >= 15 is 0 Å². The summed E-state index contributed by atoms with van der Waals surface area (Å²) in [4.78, 5) is 0. The first-order valence-electron chi connectivity index (χ1n) is 11.4. The minimum absolute atomic E-state index is 0. The quantitative estimate of drug-likeness (QED) is 0.269. The molecular weight excluding hydrogens is 658 g/mol. The molecule has 32 heavy (non-hydrogen) atoms. The molecule has 0 spiro atoms. The SMILES string of the molecule is CCc1cccc(C2=[C]([Hf]([CH3])([CH3])(=[GeH2])[C]3=C(c4cccc(CC)c4)C=CC3)CC=C2)c1.Cl.Cl. The molecule has 0 heterocycles. The summed E-state index contributed by atoms with van der Waals surface area (Å²) in [6.45, 7) is 4.50. The molecule has 2 aliphatic carbocycles. The monoisotopic (exact) mass is 696 g/mol. The molecule has 0 amide bonds. The van der Waals surface area contributed by atoms with Crippen LogP contribution in [0.15, 0.2) is 79.5 Å². The summed E-state index contributed by atoms with van der Waals surface area (Å²) in [5, 5.41) is 0. The summed E-state index contributed by atoms with van der Waals surface area (Å²) in [7, 11) is 0. The van der Waals surface area contributed by atoms with Crippen molar-refractivity contribution in [1.82, 2.24) is 0 Å². The van der Waals surface area contributed by atoms with Gasteiger partial charge in [-0.3, -0.25) is 0 Å². The van der Waals surface area contributed by atoms with Crippen LogP contribution in [-0.2, 0) is 28.2 Å². The van der Waals surface area contributed by atoms with E-state index in [-0.39, 0.29) is 24.8 Å². The van der Waals surface area contributed by atoms with Crippen LogP contribution in [0.1, 0.15) is 48.9 Å². The maximum absolute atomic E-state index is 3.35. The van der Waals surface area contributed by atoms with Gasteiger partial charge in [0, 0.05) is 0 Å². The second-order valence-corrected chi connectivity index (χ2v) is 69.9. The number of aryl methyl sites for hydroxylation is 2. The Bertz CT molecular complexity index is 1100. The minimum Gasteiger partial charge on any atom is -0.147 e. The van der Waals surface area contributed by atoms with E-state index in [4.69, 9.17) is 0 Å². The van der Waals surface area contributed by atoms with E-state index in [1.807, 2.05) is 6.66 Å². The number of hydrogen-bond acceptors (Lipinski definition) is 0. The summed E-state index contributed by atoms with van der Waals surface area (Å²) in [5.41, 5.74) is 8.82. The van der Waals surface area contributed by atoms with Gasteiger partial charge in [-0.05, 0) is 0 Å². The van der Waals surface area contributed by atoms with Crippen molar-refractivity contribution in [3.63, 3.8) is 0 Å². The molecule has 0 aromatic heterocycles. The van der Waals surface area contributed by atoms with E-state index in [0.717, 1.165) is 25.7 Å². The van der Waals surface area contributed by atoms with Crippen LogP contribution in [-0.4, -0.2) is 12.2 Å². The predicted molar refractivity (Wildman–Crippen MR) is 148 cm³/mol. The van der Waals surface area contributed by atoms with Crippen molar-refractivity contribution >= 4 is 48.2 Å². The van der Waals surface area contributed by atoms with Gasteiger partial charge in [-0.1, -0.05) is 0 Å². The van der Waals surface area contributed by atoms with E-state index in [1.54, 1.807) is 0 Å². The maximum atomic E-state index is 2.72. The standard InChI is InChI=1S/2C13H13.2CH3.2ClH.GeH2.Hf/c2*1-2-11-6-5-9-13(10-11)12-7-3-4-8-12;;;;;;/h2*3,5-7,9-10H,2,4H2,1H3;2*1H3;2*1H;1H2;. The third-order valence-corrected chi connectivity index (χ3v) is 39.1. The fourth-order valence-electron chi connectivity index (χ4n) is 5.17. The first-order chi connectivity index (χ1) is 14.3. The van der Waals surface area contributed by atoms with Crippen molar-refractivity contribution in [2.45, 2.75) is 48.9 Å². The average Bonchev–Trinajstić information content (AvgIpc) is 3.44. The largest absolute Gasteiger partial charge is 0.147 e. The van der Waals surface area contributed by atoms with Gasteiger partial charge in [-0.25, -0.2) is 0 Å². The molecule has 0 saturated heterocycles. The maximum Gasteiger partial charge on any atom is -0.147 e. The Morgan fingerprint density at radius 2 is 1.12 bits per heavy atom. The fourth-order valence-corrected chi connectivity index (χ4v) is 31.4. The van der Waals surface area contributed by atoms with Gasteiger partial charge < -0.3 is 0 Å². The van der Waals surface area contributed by atoms with Gasteiger partial charge >= 0.3 is 189 Å². The fraction of sp³-hybridized carbons (Fsp3) is 0.286. The molecule has 2 aromatic carbocycles. The van der Waals surface area contributed by atoms with E-state index in [9.17, 15) is 0 Å². The zero-order chi connectivity index (χ0) is 21.4. The molecule has 0 unspecified atom stereocenters. The van der Waals surface area contributed by atoms with Crippen molar-refractivity contribution in [3.05, 3.63) is 102 Å². The summed E-state index contributed by atoms with van der Waals surface area (Å²) < 4.78 is 9.05. The van der Waals surface area contributed by atoms with Crippen LogP contribution >= 0.6 is 24.8 Å². The van der Waals surface area contributed by atoms with Gasteiger partial charge in [-0.2, -0.15) is 0 Å². The van der Waals surface area contributed by atoms with Crippen LogP contribution in [0.5, 0.6) is 0 Å². The van der Waals surface area contributed by atoms with E-state index in [1.165, 1.54) is 45.6 Å². The van der Waals surface area contributed by atoms with Gasteiger partial charge in [0.05, 0.1) is 0 Å². The zero-order valence-electron chi connectivity index (χ0n) is 19.8. The van der Waals surface area contributed by atoms with Crippen LogP contribution in [0.25, 0.3) is 11.1 Å². The summed E-state index contributed by atoms with van der Waals surface area (Å²) in [6, 6.07) is 18.5. The smallest absolute Gasteiger partial charge is 0.147 e. The Morgan fingerprint density at radius 3 is 1.50 bits per heavy atom. The Labute approximate surface area is 212 Å². The van der Waals surface area contributed by atoms with Crippen molar-refractivity contribution in [3.8, 4) is 0 Å². The Morgan fingerprint density at radius 1 is 0.719 bits per heavy atom. The molecule has 2 aromatic rings. The predicted octanol–water partition coefficient (Wildman–Crippen LogP) is 8.03. The van der Waals surface area contributed by atoms with Gasteiger partial charge in [0.25, 0.3) is 0 Å². The normalized spacial score (nSPS) is 15.8. The third kappa shape index (κ3) is 5.22. The average molecular weight is 695 g/mol. The Balaban J connectivity index is 0.00000181. The summed E-state index contributed by atoms with van der Waals surface area (Å²) in [5.74, 6) is 0. The third-order valence-electron chi connectivity index (χ3n) is 7.09. The molecule has 0 aliphatic heterocycles. The van der Waals surface area contributed by atoms with Gasteiger partial charge in [0.1, 0.15) is 0 Å². The zero-order valence-corrected chi connectivity index (χ0v) is 28.0. The molecule has 0 nitrogen and oxygen atoms in total. The summed E-state index contributed by atoms with van der Waals surface area (Å²) in [6.07, 6.45) is 14.2. The molecule has 0 N–H and O–H groups in total. The van der Waals surface area contributed by atoms with E-state index in [0.29, 0.717) is 0 Å². The minimum atomic E-state index is -3.35. The van der Waals surface area contributed by atoms with Crippen LogP contribution in [0.3, 0.4) is 0 Å². The van der Waals surface area contributed by atoms with Crippen molar-refractivity contribution in [2.24, 2.45) is 0 Å². The van der Waals surface area contributed by atoms with Crippen LogP contribution in [0.4, 0.5) is 0 Å². The topological polar surface area (TPSA) is 0 Å². The Hall–Kier alpha value is -0.607. The van der Waals surface area contributed by atoms with Gasteiger partial charge in [0.2, 0.25) is 0 Å². The summed E-state index contributed by atoms with van der Waals surface area (Å²) >= 11 is -1.92. The van der Waals surface area contributed by atoms with Crippen LogP contribution in [0, 0.1) is 0 Å². The van der Waals surface area contributed by atoms with Crippen molar-refractivity contribution in [2.75, 3.05) is 0 Å². The molecule has 0 radical (unpaired) electrons. The molecule has 4 heteroatoms. The van der Waals surface area contributed by atoms with E-state index in [2.05, 4.69) is 96.0 Å². The molecule has 4 rings (SSSR count). The molecule has 0 fully saturated rings. The van der Waals surface area contributed by atoms with Gasteiger partial charge in [-0.15, -0.1) is 24.8 Å². The first-order valence-corrected chi connectivity index (χ1v) is 36.8. The number of hydrogen-bond donors (Lipinski definition) is 0. The first kappa shape index (κ1) is 27.6. The molecule has 0 saturated carbocycles. The number of benzene rings is 2. The molecule has 0 bridgehead atoms. The second kappa shape index (κ2) is 10.8. The van der Waals surface area contributed by atoms with Crippen molar-refractivity contribution in [1.29, 1.82) is 0 Å².